The zero-order valence-corrected chi connectivity index (χ0v) is 49.6. The van der Waals surface area contributed by atoms with Crippen molar-refractivity contribution >= 4 is 97.9 Å². The molecule has 7 aliphatic rings. The molecular weight excluding hydrogens is 1090 g/mol. The van der Waals surface area contributed by atoms with Crippen molar-refractivity contribution in [2.45, 2.75) is 52.2 Å². The molecule has 0 amide bonds. The highest BCUT2D eigenvalue weighted by atomic mass is 32.2. The number of para-hydroxylation sites is 1. The van der Waals surface area contributed by atoms with Crippen LogP contribution in [-0.2, 0) is 34.2 Å². The van der Waals surface area contributed by atoms with E-state index in [1.807, 2.05) is 35.0 Å². The molecule has 21 nitrogen and oxygen atoms in total. The molecule has 0 radical (unpaired) electrons. The maximum atomic E-state index is 12.2. The summed E-state index contributed by atoms with van der Waals surface area (Å²) >= 11 is 25.6. The number of likely N-dealkylation sites (N-methyl/N-ethyl adjacent to an activating group) is 2. The van der Waals surface area contributed by atoms with Gasteiger partial charge >= 0.3 is 5.69 Å². The highest BCUT2D eigenvalue weighted by Gasteiger charge is 2.28. The number of hydrogen-bond donors (Lipinski definition) is 1. The van der Waals surface area contributed by atoms with Crippen LogP contribution in [0.2, 0.25) is 0 Å². The molecule has 3 aromatic heterocycles. The molecule has 2 N–H and O–H groups in total. The second-order valence-corrected chi connectivity index (χ2v) is 24.3. The SMILES string of the molecule is CC1CSC(=S)N1CN1CCOCC1.CN1CCN(CN2CCCCC2)C1=S.CN1CCN(Cn2ncsc2=S)CC1.Nc1nn(CN2CCOCC2)c(=S)s1.O=c1n(-c2ccccc2)cnn1CN1CCOCC1. The summed E-state index contributed by atoms with van der Waals surface area (Å²) in [5.74, 6) is 1.14. The zero-order chi connectivity index (χ0) is 52.9. The summed E-state index contributed by atoms with van der Waals surface area (Å²) < 4.78 is 25.2. The van der Waals surface area contributed by atoms with Crippen molar-refractivity contribution in [2.24, 2.45) is 0 Å². The van der Waals surface area contributed by atoms with E-state index in [2.05, 4.69) is 80.4 Å². The number of benzene rings is 1. The van der Waals surface area contributed by atoms with Crippen LogP contribution in [0.25, 0.3) is 5.69 Å². The van der Waals surface area contributed by atoms with Crippen LogP contribution in [0.4, 0.5) is 5.13 Å². The van der Waals surface area contributed by atoms with E-state index >= 15 is 0 Å². The van der Waals surface area contributed by atoms with E-state index in [1.165, 1.54) is 59.7 Å². The fourth-order valence-electron chi connectivity index (χ4n) is 8.86. The molecule has 0 aliphatic carbocycles. The van der Waals surface area contributed by atoms with Crippen molar-refractivity contribution in [3.8, 4) is 5.69 Å². The maximum Gasteiger partial charge on any atom is 0.351 e. The van der Waals surface area contributed by atoms with Crippen LogP contribution in [0.3, 0.4) is 0 Å². The molecule has 7 saturated heterocycles. The summed E-state index contributed by atoms with van der Waals surface area (Å²) in [6.07, 6.45) is 5.69. The Labute approximate surface area is 475 Å². The number of hydrogen-bond acceptors (Lipinski definition) is 21. The summed E-state index contributed by atoms with van der Waals surface area (Å²) in [7, 11) is 4.24. The average Bonchev–Trinajstić information content (AvgIpc) is 4.25. The monoisotopic (exact) mass is 1170 g/mol. The quantitative estimate of drug-likeness (QED) is 0.217. The number of nitrogens with zero attached hydrogens (tertiary/aromatic N) is 16. The average molecular weight is 1170 g/mol. The van der Waals surface area contributed by atoms with Gasteiger partial charge in [0.05, 0.1) is 78.7 Å². The number of piperidine rings is 1. The van der Waals surface area contributed by atoms with Gasteiger partial charge in [-0.3, -0.25) is 24.5 Å². The maximum absolute atomic E-state index is 12.2. The third-order valence-corrected chi connectivity index (χ3v) is 18.1. The van der Waals surface area contributed by atoms with Gasteiger partial charge in [0.15, 0.2) is 13.0 Å². The van der Waals surface area contributed by atoms with Crippen molar-refractivity contribution in [3.05, 3.63) is 60.6 Å². The minimum absolute atomic E-state index is 0.113. The number of nitrogens with two attached hydrogens (primary N) is 1. The van der Waals surface area contributed by atoms with Gasteiger partial charge in [0.25, 0.3) is 0 Å². The van der Waals surface area contributed by atoms with Gasteiger partial charge in [0.1, 0.15) is 16.2 Å². The summed E-state index contributed by atoms with van der Waals surface area (Å²) in [4.78, 5) is 33.1. The number of nitrogen functional groups attached to an aromatic ring is 1. The van der Waals surface area contributed by atoms with Gasteiger partial charge in [0.2, 0.25) is 5.13 Å². The molecule has 11 rings (SSSR count). The first-order valence-corrected chi connectivity index (χ1v) is 30.2. The van der Waals surface area contributed by atoms with Crippen molar-refractivity contribution in [2.75, 3.05) is 170 Å². The lowest BCUT2D eigenvalue weighted by atomic mass is 10.1. The fraction of sp³-hybridized carbons (Fsp3) is 0.702. The van der Waals surface area contributed by atoms with Crippen LogP contribution in [-0.4, -0.2) is 258 Å². The van der Waals surface area contributed by atoms with Gasteiger partial charge in [-0.05, 0) is 88.7 Å². The van der Waals surface area contributed by atoms with Crippen LogP contribution in [0.15, 0.2) is 47.0 Å². The molecule has 1 unspecified atom stereocenters. The minimum Gasteiger partial charge on any atom is -0.379 e. The molecule has 7 aliphatic heterocycles. The van der Waals surface area contributed by atoms with Crippen molar-refractivity contribution < 1.29 is 14.2 Å². The number of rotatable bonds is 11. The Morgan fingerprint density at radius 3 is 1.71 bits per heavy atom. The molecule has 28 heteroatoms. The van der Waals surface area contributed by atoms with E-state index < -0.39 is 0 Å². The lowest BCUT2D eigenvalue weighted by Gasteiger charge is -2.33. The standard InChI is InChI=1S/C13H16N4O2.C10H19N3S.C9H16N2OS2.C8H14N4S2.C7H12N4OS2/c18-13-16(12-4-2-1-3-5-12)10-14-17(13)11-15-6-8-19-9-7-15;1-11-7-8-13(10(11)14)9-12-5-3-2-4-6-12;1-8-6-14-9(13)11(8)7-10-2-4-12-5-3-10;1-10-2-4-11(5-3-10)7-12-8(13)14-6-9-12;8-6-9-11(7(13)14-6)5-10-1-3-12-4-2-10/h1-5,10H,6-9,11H2;2-9H2,1H3;8H,2-7H2,1H3;6H,2-5,7H2,1H3;1-5H2,(H2,8,9). The third kappa shape index (κ3) is 19.4. The van der Waals surface area contributed by atoms with Gasteiger partial charge < -0.3 is 39.5 Å². The number of ether oxygens (including phenoxy) is 3. The summed E-state index contributed by atoms with van der Waals surface area (Å²) in [5, 5.41) is 14.1. The first-order chi connectivity index (χ1) is 36.4. The van der Waals surface area contributed by atoms with Gasteiger partial charge in [-0.1, -0.05) is 71.3 Å². The number of anilines is 1. The predicted molar refractivity (Wildman–Crippen MR) is 314 cm³/mol. The number of thiocarbonyl (C=S) groups is 2. The first kappa shape index (κ1) is 59.7. The number of piperazine rings is 1. The van der Waals surface area contributed by atoms with Crippen LogP contribution in [0.1, 0.15) is 26.2 Å². The number of morpholine rings is 3. The molecule has 7 fully saturated rings. The Balaban J connectivity index is 0.000000138. The van der Waals surface area contributed by atoms with E-state index in [0.717, 1.165) is 160 Å². The van der Waals surface area contributed by atoms with Crippen LogP contribution in [0, 0.1) is 7.91 Å². The van der Waals surface area contributed by atoms with Crippen molar-refractivity contribution in [1.29, 1.82) is 0 Å². The van der Waals surface area contributed by atoms with Crippen LogP contribution >= 0.6 is 83.3 Å². The van der Waals surface area contributed by atoms with Crippen LogP contribution < -0.4 is 11.4 Å². The number of aromatic nitrogens is 7. The molecule has 0 spiro atoms. The van der Waals surface area contributed by atoms with E-state index in [9.17, 15) is 4.79 Å². The molecule has 75 heavy (non-hydrogen) atoms. The molecule has 10 heterocycles. The second kappa shape index (κ2) is 31.6. The molecule has 416 valence electrons. The molecule has 1 aromatic carbocycles. The lowest BCUT2D eigenvalue weighted by molar-refractivity contribution is 0.0195. The number of thioether (sulfide) groups is 1. The van der Waals surface area contributed by atoms with E-state index in [4.69, 9.17) is 68.8 Å². The molecule has 1 atom stereocenters. The second-order valence-electron chi connectivity index (χ2n) is 19.2. The van der Waals surface area contributed by atoms with Crippen molar-refractivity contribution in [3.63, 3.8) is 0 Å². The Morgan fingerprint density at radius 2 is 1.19 bits per heavy atom. The largest absolute Gasteiger partial charge is 0.379 e. The number of likely N-dealkylation sites (tertiary alicyclic amines) is 1. The van der Waals surface area contributed by atoms with E-state index in [1.54, 1.807) is 32.8 Å². The van der Waals surface area contributed by atoms with Crippen molar-refractivity contribution in [1.82, 2.24) is 78.0 Å². The highest BCUT2D eigenvalue weighted by molar-refractivity contribution is 8.23. The van der Waals surface area contributed by atoms with E-state index in [-0.39, 0.29) is 5.69 Å². The predicted octanol–water partition coefficient (Wildman–Crippen LogP) is 3.71. The normalized spacial score (nSPS) is 21.6. The molecule has 0 bridgehead atoms. The highest BCUT2D eigenvalue weighted by Crippen LogP contribution is 2.24. The molecule has 0 saturated carbocycles. The smallest absolute Gasteiger partial charge is 0.351 e. The minimum atomic E-state index is -0.113. The summed E-state index contributed by atoms with van der Waals surface area (Å²) in [5.41, 5.74) is 8.09. The first-order valence-electron chi connectivity index (χ1n) is 25.9. The van der Waals surface area contributed by atoms with Gasteiger partial charge in [-0.25, -0.2) is 18.7 Å². The Bertz CT molecular complexity index is 2480. The Hall–Kier alpha value is -2.91. The van der Waals surface area contributed by atoms with Gasteiger partial charge in [-0.2, -0.15) is 14.9 Å². The van der Waals surface area contributed by atoms with Crippen LogP contribution in [0.5, 0.6) is 0 Å². The molecular formula is C47H77N17O4S7. The van der Waals surface area contributed by atoms with Gasteiger partial charge in [0, 0.05) is 97.4 Å². The lowest BCUT2D eigenvalue weighted by Crippen LogP contribution is -2.46. The third-order valence-electron chi connectivity index (χ3n) is 13.5. The van der Waals surface area contributed by atoms with Gasteiger partial charge in [-0.15, -0.1) is 5.10 Å². The summed E-state index contributed by atoms with van der Waals surface area (Å²) in [6.45, 7) is 25.9. The molecule has 4 aromatic rings. The fourth-order valence-corrected chi connectivity index (χ4v) is 12.1. The topological polar surface area (TPSA) is 158 Å². The Morgan fingerprint density at radius 1 is 0.627 bits per heavy atom. The summed E-state index contributed by atoms with van der Waals surface area (Å²) in [6, 6.07) is 10.1. The van der Waals surface area contributed by atoms with E-state index in [0.29, 0.717) is 31.1 Å². The zero-order valence-electron chi connectivity index (χ0n) is 43.8. The Kier molecular flexibility index (Phi) is 25.2.